The largest absolute Gasteiger partial charge is 0.497 e. The molecular weight excluding hydrogens is 286 g/mol. The second-order valence-electron chi connectivity index (χ2n) is 6.39. The van der Waals surface area contributed by atoms with E-state index < -0.39 is 22.8 Å². The number of aryl methyl sites for hydroxylation is 1. The summed E-state index contributed by atoms with van der Waals surface area (Å²) < 4.78 is 5.17. The van der Waals surface area contributed by atoms with Crippen LogP contribution in [-0.2, 0) is 16.1 Å². The second kappa shape index (κ2) is 4.71. The number of aliphatic carboxylic acids is 2. The molecule has 0 unspecified atom stereocenters. The van der Waals surface area contributed by atoms with Crippen molar-refractivity contribution in [1.82, 2.24) is 4.90 Å². The number of nitrogens with zero attached hydrogens (tertiary/aromatic N) is 1. The first-order valence-electron chi connectivity index (χ1n) is 7.17. The van der Waals surface area contributed by atoms with Crippen LogP contribution in [0, 0.1) is 17.8 Å². The molecular formula is C16H19NO5. The van der Waals surface area contributed by atoms with Gasteiger partial charge in [-0.1, -0.05) is 6.07 Å². The lowest BCUT2D eigenvalue weighted by atomic mass is 9.97. The number of piperidine rings is 1. The van der Waals surface area contributed by atoms with Crippen LogP contribution < -0.4 is 4.74 Å². The van der Waals surface area contributed by atoms with Crippen molar-refractivity contribution in [3.05, 3.63) is 29.3 Å². The molecule has 6 nitrogen and oxygen atoms in total. The van der Waals surface area contributed by atoms with Crippen molar-refractivity contribution in [2.75, 3.05) is 20.2 Å². The van der Waals surface area contributed by atoms with Gasteiger partial charge < -0.3 is 14.9 Å². The van der Waals surface area contributed by atoms with Gasteiger partial charge in [-0.25, -0.2) is 0 Å². The van der Waals surface area contributed by atoms with Crippen LogP contribution in [-0.4, -0.2) is 47.3 Å². The maximum absolute atomic E-state index is 11.5. The Labute approximate surface area is 128 Å². The van der Waals surface area contributed by atoms with Crippen LogP contribution in [0.1, 0.15) is 17.5 Å². The van der Waals surface area contributed by atoms with Crippen molar-refractivity contribution in [2.24, 2.45) is 10.8 Å². The topological polar surface area (TPSA) is 87.1 Å². The van der Waals surface area contributed by atoms with Gasteiger partial charge in [0.05, 0.1) is 17.9 Å². The molecule has 0 bridgehead atoms. The molecule has 2 aliphatic rings. The van der Waals surface area contributed by atoms with E-state index in [2.05, 4.69) is 0 Å². The Balaban J connectivity index is 1.79. The van der Waals surface area contributed by atoms with E-state index in [4.69, 9.17) is 4.74 Å². The van der Waals surface area contributed by atoms with Crippen LogP contribution in [0.4, 0.5) is 0 Å². The summed E-state index contributed by atoms with van der Waals surface area (Å²) in [5, 5.41) is 18.9. The van der Waals surface area contributed by atoms with Gasteiger partial charge in [0.1, 0.15) is 5.75 Å². The van der Waals surface area contributed by atoms with E-state index in [0.717, 1.165) is 16.9 Å². The number of methoxy groups -OCH3 is 1. The fourth-order valence-electron chi connectivity index (χ4n) is 3.73. The Kier molecular flexibility index (Phi) is 3.18. The van der Waals surface area contributed by atoms with E-state index in [9.17, 15) is 19.8 Å². The number of carboxylic acid groups (broad SMARTS) is 2. The van der Waals surface area contributed by atoms with Crippen molar-refractivity contribution in [1.29, 1.82) is 0 Å². The summed E-state index contributed by atoms with van der Waals surface area (Å²) in [4.78, 5) is 25.0. The number of ether oxygens (including phenoxy) is 1. The standard InChI is InChI=1S/C16H19NO5/c1-10-5-12(22-2)4-3-11(10)6-17-8-15(13(18)19)7-16(15,9-17)14(20)21/h3-5H,6-9H2,1-2H3,(H,18,19)(H,20,21)/t15-,16+. The molecule has 0 spiro atoms. The lowest BCUT2D eigenvalue weighted by Gasteiger charge is -2.21. The number of likely N-dealkylation sites (tertiary alicyclic amines) is 1. The van der Waals surface area contributed by atoms with E-state index in [0.29, 0.717) is 19.6 Å². The number of fused-ring (bicyclic) bond motifs is 1. The molecule has 2 N–H and O–H groups in total. The zero-order chi connectivity index (χ0) is 16.1. The Morgan fingerprint density at radius 3 is 2.27 bits per heavy atom. The summed E-state index contributed by atoms with van der Waals surface area (Å²) in [6, 6.07) is 5.73. The molecule has 1 heterocycles. The molecule has 1 saturated carbocycles. The number of rotatable bonds is 5. The highest BCUT2D eigenvalue weighted by Gasteiger charge is 2.80. The molecule has 2 atom stereocenters. The van der Waals surface area contributed by atoms with Gasteiger partial charge in [0.2, 0.25) is 0 Å². The van der Waals surface area contributed by atoms with E-state index in [-0.39, 0.29) is 6.42 Å². The molecule has 6 heteroatoms. The van der Waals surface area contributed by atoms with Gasteiger partial charge in [0.15, 0.2) is 0 Å². The van der Waals surface area contributed by atoms with Gasteiger partial charge in [-0.05, 0) is 36.6 Å². The molecule has 118 valence electrons. The van der Waals surface area contributed by atoms with Crippen LogP contribution in [0.2, 0.25) is 0 Å². The molecule has 22 heavy (non-hydrogen) atoms. The van der Waals surface area contributed by atoms with E-state index in [1.807, 2.05) is 30.0 Å². The van der Waals surface area contributed by atoms with Gasteiger partial charge in [0, 0.05) is 19.6 Å². The minimum Gasteiger partial charge on any atom is -0.497 e. The van der Waals surface area contributed by atoms with Crippen molar-refractivity contribution in [3.8, 4) is 5.75 Å². The van der Waals surface area contributed by atoms with Crippen molar-refractivity contribution >= 4 is 11.9 Å². The zero-order valence-electron chi connectivity index (χ0n) is 12.6. The smallest absolute Gasteiger partial charge is 0.312 e. The predicted molar refractivity (Wildman–Crippen MR) is 77.8 cm³/mol. The SMILES string of the molecule is COc1ccc(CN2C[C@@]3(C(=O)O)C[C@@]3(C(=O)O)C2)c(C)c1. The third kappa shape index (κ3) is 1.90. The fraction of sp³-hybridized carbons (Fsp3) is 0.500. The lowest BCUT2D eigenvalue weighted by molar-refractivity contribution is -0.151. The zero-order valence-corrected chi connectivity index (χ0v) is 12.6. The minimum atomic E-state index is -1.11. The number of carboxylic acids is 2. The minimum absolute atomic E-state index is 0.239. The third-order valence-corrected chi connectivity index (χ3v) is 5.14. The van der Waals surface area contributed by atoms with Crippen LogP contribution in [0.15, 0.2) is 18.2 Å². The first-order valence-corrected chi connectivity index (χ1v) is 7.17. The summed E-state index contributed by atoms with van der Waals surface area (Å²) >= 11 is 0. The normalized spacial score (nSPS) is 29.9. The number of hydrogen-bond donors (Lipinski definition) is 2. The summed E-state index contributed by atoms with van der Waals surface area (Å²) in [5.74, 6) is -1.22. The average Bonchev–Trinajstić information content (AvgIpc) is 3.01. The van der Waals surface area contributed by atoms with Gasteiger partial charge in [-0.2, -0.15) is 0 Å². The molecule has 2 fully saturated rings. The van der Waals surface area contributed by atoms with Gasteiger partial charge in [-0.3, -0.25) is 14.5 Å². The molecule has 0 amide bonds. The molecule has 1 aliphatic carbocycles. The Morgan fingerprint density at radius 1 is 1.23 bits per heavy atom. The van der Waals surface area contributed by atoms with Crippen molar-refractivity contribution < 1.29 is 24.5 Å². The molecule has 3 rings (SSSR count). The summed E-state index contributed by atoms with van der Waals surface area (Å²) in [5.41, 5.74) is -0.116. The quantitative estimate of drug-likeness (QED) is 0.854. The molecule has 1 aromatic carbocycles. The van der Waals surface area contributed by atoms with Gasteiger partial charge in [-0.15, -0.1) is 0 Å². The van der Waals surface area contributed by atoms with Crippen LogP contribution >= 0.6 is 0 Å². The average molecular weight is 305 g/mol. The Bertz CT molecular complexity index is 630. The highest BCUT2D eigenvalue weighted by Crippen LogP contribution is 2.68. The Morgan fingerprint density at radius 2 is 1.82 bits per heavy atom. The highest BCUT2D eigenvalue weighted by atomic mass is 16.5. The molecule has 1 aromatic rings. The molecule has 1 saturated heterocycles. The van der Waals surface area contributed by atoms with Crippen LogP contribution in [0.3, 0.4) is 0 Å². The van der Waals surface area contributed by atoms with E-state index >= 15 is 0 Å². The first kappa shape index (κ1) is 14.8. The summed E-state index contributed by atoms with van der Waals surface area (Å²) in [7, 11) is 1.61. The first-order chi connectivity index (χ1) is 10.3. The van der Waals surface area contributed by atoms with E-state index in [1.165, 1.54) is 0 Å². The number of benzene rings is 1. The van der Waals surface area contributed by atoms with Crippen molar-refractivity contribution in [3.63, 3.8) is 0 Å². The molecule has 0 radical (unpaired) electrons. The predicted octanol–water partition coefficient (Wildman–Crippen LogP) is 1.36. The van der Waals surface area contributed by atoms with Gasteiger partial charge in [0.25, 0.3) is 0 Å². The maximum Gasteiger partial charge on any atom is 0.312 e. The van der Waals surface area contributed by atoms with Crippen molar-refractivity contribution in [2.45, 2.75) is 19.9 Å². The monoisotopic (exact) mass is 305 g/mol. The Hall–Kier alpha value is -2.08. The summed E-state index contributed by atoms with van der Waals surface area (Å²) in [6.07, 6.45) is 0.239. The number of carbonyl (C=O) groups is 2. The van der Waals surface area contributed by atoms with E-state index in [1.54, 1.807) is 7.11 Å². The highest BCUT2D eigenvalue weighted by molar-refractivity contribution is 5.94. The van der Waals surface area contributed by atoms with Crippen LogP contribution in [0.25, 0.3) is 0 Å². The van der Waals surface area contributed by atoms with Crippen LogP contribution in [0.5, 0.6) is 5.75 Å². The summed E-state index contributed by atoms with van der Waals surface area (Å²) in [6.45, 7) is 3.11. The second-order valence-corrected chi connectivity index (χ2v) is 6.39. The third-order valence-electron chi connectivity index (χ3n) is 5.14. The lowest BCUT2D eigenvalue weighted by Crippen LogP contribution is -2.28. The molecule has 1 aliphatic heterocycles. The number of hydrogen-bond acceptors (Lipinski definition) is 4. The fourth-order valence-corrected chi connectivity index (χ4v) is 3.73. The van der Waals surface area contributed by atoms with Gasteiger partial charge >= 0.3 is 11.9 Å². The molecule has 0 aromatic heterocycles. The maximum atomic E-state index is 11.5.